The zero-order chi connectivity index (χ0) is 11.8. The van der Waals surface area contributed by atoms with Gasteiger partial charge in [-0.15, -0.1) is 0 Å². The molecule has 2 amide bonds. The predicted molar refractivity (Wildman–Crippen MR) is 60.0 cm³/mol. The van der Waals surface area contributed by atoms with Gasteiger partial charge in [0.05, 0.1) is 0 Å². The van der Waals surface area contributed by atoms with Gasteiger partial charge in [-0.3, -0.25) is 14.6 Å². The molecule has 16 heavy (non-hydrogen) atoms. The number of hydrogen-bond donors (Lipinski definition) is 2. The molecule has 0 aliphatic carbocycles. The van der Waals surface area contributed by atoms with Gasteiger partial charge >= 0.3 is 0 Å². The number of carbonyl (C=O) groups excluding carboxylic acids is 2. The molecule has 5 nitrogen and oxygen atoms in total. The molecule has 0 atom stereocenters. The van der Waals surface area contributed by atoms with Gasteiger partial charge in [-0.05, 0) is 25.5 Å². The largest absolute Gasteiger partial charge is 0.359 e. The van der Waals surface area contributed by atoms with Gasteiger partial charge in [0, 0.05) is 30.5 Å². The molecule has 0 saturated heterocycles. The van der Waals surface area contributed by atoms with Crippen molar-refractivity contribution in [3.8, 4) is 0 Å². The van der Waals surface area contributed by atoms with E-state index in [1.165, 1.54) is 0 Å². The summed E-state index contributed by atoms with van der Waals surface area (Å²) >= 11 is 0. The van der Waals surface area contributed by atoms with Gasteiger partial charge in [0.1, 0.15) is 0 Å². The van der Waals surface area contributed by atoms with Gasteiger partial charge in [-0.2, -0.15) is 0 Å². The Labute approximate surface area is 94.3 Å². The van der Waals surface area contributed by atoms with E-state index >= 15 is 0 Å². The van der Waals surface area contributed by atoms with Gasteiger partial charge < -0.3 is 10.6 Å². The minimum absolute atomic E-state index is 0.114. The predicted octanol–water partition coefficient (Wildman–Crippen LogP) is 0.256. The van der Waals surface area contributed by atoms with E-state index in [1.807, 2.05) is 6.92 Å². The van der Waals surface area contributed by atoms with Crippen LogP contribution in [0, 0.1) is 6.92 Å². The van der Waals surface area contributed by atoms with Crippen molar-refractivity contribution in [1.29, 1.82) is 0 Å². The Hall–Kier alpha value is -1.91. The second-order valence-electron chi connectivity index (χ2n) is 3.37. The highest BCUT2D eigenvalue weighted by molar-refractivity contribution is 5.94. The van der Waals surface area contributed by atoms with Crippen molar-refractivity contribution >= 4 is 12.3 Å². The van der Waals surface area contributed by atoms with E-state index in [1.54, 1.807) is 18.3 Å². The molecular weight excluding hydrogens is 206 g/mol. The van der Waals surface area contributed by atoms with Crippen molar-refractivity contribution in [3.63, 3.8) is 0 Å². The quantitative estimate of drug-likeness (QED) is 0.534. The van der Waals surface area contributed by atoms with Gasteiger partial charge in [-0.1, -0.05) is 0 Å². The Kier molecular flexibility index (Phi) is 4.98. The summed E-state index contributed by atoms with van der Waals surface area (Å²) in [6, 6.07) is 3.41. The highest BCUT2D eigenvalue weighted by Crippen LogP contribution is 1.99. The van der Waals surface area contributed by atoms with Crippen molar-refractivity contribution in [1.82, 2.24) is 15.6 Å². The average Bonchev–Trinajstić information content (AvgIpc) is 2.28. The molecule has 0 aromatic carbocycles. The van der Waals surface area contributed by atoms with Crippen LogP contribution in [0.3, 0.4) is 0 Å². The van der Waals surface area contributed by atoms with Crippen molar-refractivity contribution in [3.05, 3.63) is 29.6 Å². The molecule has 2 N–H and O–H groups in total. The number of aryl methyl sites for hydroxylation is 1. The number of pyridine rings is 1. The number of carbonyl (C=O) groups is 2. The summed E-state index contributed by atoms with van der Waals surface area (Å²) in [5.41, 5.74) is 1.42. The molecule has 0 aliphatic heterocycles. The van der Waals surface area contributed by atoms with Crippen LogP contribution in [0.2, 0.25) is 0 Å². The minimum atomic E-state index is -0.114. The van der Waals surface area contributed by atoms with Crippen molar-refractivity contribution in [2.75, 3.05) is 13.1 Å². The summed E-state index contributed by atoms with van der Waals surface area (Å²) in [6.45, 7) is 2.95. The van der Waals surface area contributed by atoms with Crippen LogP contribution in [-0.2, 0) is 4.79 Å². The molecule has 0 aliphatic rings. The minimum Gasteiger partial charge on any atom is -0.359 e. The fourth-order valence-corrected chi connectivity index (χ4v) is 1.24. The topological polar surface area (TPSA) is 71.1 Å². The number of rotatable bonds is 6. The first kappa shape index (κ1) is 12.2. The highest BCUT2D eigenvalue weighted by Gasteiger charge is 2.04. The van der Waals surface area contributed by atoms with Gasteiger partial charge in [0.15, 0.2) is 0 Å². The molecule has 0 bridgehead atoms. The molecule has 0 radical (unpaired) electrons. The second-order valence-corrected chi connectivity index (χ2v) is 3.37. The highest BCUT2D eigenvalue weighted by atomic mass is 16.1. The van der Waals surface area contributed by atoms with Crippen LogP contribution in [-0.4, -0.2) is 30.4 Å². The van der Waals surface area contributed by atoms with E-state index in [2.05, 4.69) is 15.6 Å². The Morgan fingerprint density at radius 1 is 1.50 bits per heavy atom. The smallest absolute Gasteiger partial charge is 0.251 e. The van der Waals surface area contributed by atoms with Crippen LogP contribution in [0.1, 0.15) is 22.5 Å². The third-order valence-corrected chi connectivity index (χ3v) is 2.03. The van der Waals surface area contributed by atoms with Crippen LogP contribution in [0.4, 0.5) is 0 Å². The SMILES string of the molecule is Cc1cc(C(=O)NCCCNC=O)ccn1. The lowest BCUT2D eigenvalue weighted by atomic mass is 10.2. The van der Waals surface area contributed by atoms with Crippen molar-refractivity contribution < 1.29 is 9.59 Å². The summed E-state index contributed by atoms with van der Waals surface area (Å²) in [7, 11) is 0. The molecule has 0 unspecified atom stereocenters. The maximum Gasteiger partial charge on any atom is 0.251 e. The Morgan fingerprint density at radius 3 is 3.00 bits per heavy atom. The van der Waals surface area contributed by atoms with E-state index in [4.69, 9.17) is 0 Å². The zero-order valence-corrected chi connectivity index (χ0v) is 9.19. The summed E-state index contributed by atoms with van der Waals surface area (Å²) in [6.07, 6.45) is 2.97. The molecule has 1 rings (SSSR count). The lowest BCUT2D eigenvalue weighted by Gasteiger charge is -2.05. The van der Waals surface area contributed by atoms with E-state index in [-0.39, 0.29) is 5.91 Å². The number of nitrogens with zero attached hydrogens (tertiary/aromatic N) is 1. The van der Waals surface area contributed by atoms with Crippen LogP contribution in [0.25, 0.3) is 0 Å². The third kappa shape index (κ3) is 4.08. The molecule has 5 heteroatoms. The lowest BCUT2D eigenvalue weighted by molar-refractivity contribution is -0.109. The van der Waals surface area contributed by atoms with Gasteiger partial charge in [-0.25, -0.2) is 0 Å². The van der Waals surface area contributed by atoms with Gasteiger partial charge in [0.2, 0.25) is 6.41 Å². The molecule has 86 valence electrons. The van der Waals surface area contributed by atoms with Crippen LogP contribution in [0.5, 0.6) is 0 Å². The number of amides is 2. The van der Waals surface area contributed by atoms with Crippen molar-refractivity contribution in [2.24, 2.45) is 0 Å². The monoisotopic (exact) mass is 221 g/mol. The first-order valence-electron chi connectivity index (χ1n) is 5.12. The fourth-order valence-electron chi connectivity index (χ4n) is 1.24. The maximum absolute atomic E-state index is 11.6. The fraction of sp³-hybridized carbons (Fsp3) is 0.364. The normalized spacial score (nSPS) is 9.56. The molecule has 0 fully saturated rings. The Balaban J connectivity index is 2.32. The third-order valence-electron chi connectivity index (χ3n) is 2.03. The zero-order valence-electron chi connectivity index (χ0n) is 9.19. The Bertz CT molecular complexity index is 366. The second kappa shape index (κ2) is 6.55. The van der Waals surface area contributed by atoms with Crippen molar-refractivity contribution in [2.45, 2.75) is 13.3 Å². The number of hydrogen-bond acceptors (Lipinski definition) is 3. The first-order valence-corrected chi connectivity index (χ1v) is 5.12. The maximum atomic E-state index is 11.6. The molecule has 1 aromatic heterocycles. The van der Waals surface area contributed by atoms with Crippen LogP contribution >= 0.6 is 0 Å². The molecule has 1 aromatic rings. The van der Waals surface area contributed by atoms with E-state index in [0.717, 1.165) is 5.69 Å². The molecular formula is C11H15N3O2. The number of aromatic nitrogens is 1. The standard InChI is InChI=1S/C11H15N3O2/c1-9-7-10(3-6-13-9)11(16)14-5-2-4-12-8-15/h3,6-8H,2,4-5H2,1H3,(H,12,15)(H,14,16). The van der Waals surface area contributed by atoms with Crippen LogP contribution in [0.15, 0.2) is 18.3 Å². The van der Waals surface area contributed by atoms with Gasteiger partial charge in [0.25, 0.3) is 5.91 Å². The van der Waals surface area contributed by atoms with E-state index in [0.29, 0.717) is 31.5 Å². The molecule has 0 spiro atoms. The molecule has 0 saturated carbocycles. The van der Waals surface area contributed by atoms with E-state index < -0.39 is 0 Å². The Morgan fingerprint density at radius 2 is 2.31 bits per heavy atom. The summed E-state index contributed by atoms with van der Waals surface area (Å²) in [5.74, 6) is -0.114. The summed E-state index contributed by atoms with van der Waals surface area (Å²) in [4.78, 5) is 25.6. The summed E-state index contributed by atoms with van der Waals surface area (Å²) < 4.78 is 0. The molecule has 1 heterocycles. The average molecular weight is 221 g/mol. The number of nitrogens with one attached hydrogen (secondary N) is 2. The van der Waals surface area contributed by atoms with Crippen LogP contribution < -0.4 is 10.6 Å². The first-order chi connectivity index (χ1) is 7.74. The summed E-state index contributed by atoms with van der Waals surface area (Å²) in [5, 5.41) is 5.29. The lowest BCUT2D eigenvalue weighted by Crippen LogP contribution is -2.27. The van der Waals surface area contributed by atoms with E-state index in [9.17, 15) is 9.59 Å².